The molecule has 0 bridgehead atoms. The van der Waals surface area contributed by atoms with Crippen LogP contribution in [0.4, 0.5) is 10.6 Å². The van der Waals surface area contributed by atoms with E-state index in [-0.39, 0.29) is 18.3 Å². The van der Waals surface area contributed by atoms with Gasteiger partial charge in [-0.1, -0.05) is 18.8 Å². The molecule has 21 heteroatoms. The van der Waals surface area contributed by atoms with Gasteiger partial charge in [-0.25, -0.2) is 28.5 Å². The standard InChI is InChI=1S/C17H24N5O13P3/c1-10-6-13(33-12(10)8-32-37(27,28)35-38(29,30)34-36(24,25)26)22-7-11(4-3-5-19-17(23)31-2)14-15(18)20-9-21-16(14)22/h7,9-10,12-13H,5-6,8H2,1-2H3,(H,19,23)(H,27,28)(H,29,30)(H2,18,20,21)(H2,24,25,26)/t10-,12-,13-/m1/s1. The zero-order valence-electron chi connectivity index (χ0n) is 19.7. The maximum Gasteiger partial charge on any atom is 0.490 e. The summed E-state index contributed by atoms with van der Waals surface area (Å²) in [6.07, 6.45) is 1.09. The van der Waals surface area contributed by atoms with Crippen molar-refractivity contribution in [1.29, 1.82) is 0 Å². The van der Waals surface area contributed by atoms with Crippen LogP contribution in [0.25, 0.3) is 11.0 Å². The maximum absolute atomic E-state index is 12.0. The Kier molecular flexibility index (Phi) is 9.36. The van der Waals surface area contributed by atoms with Crippen LogP contribution in [-0.2, 0) is 36.3 Å². The van der Waals surface area contributed by atoms with E-state index in [1.165, 1.54) is 13.4 Å². The topological polar surface area (TPSA) is 264 Å². The predicted molar refractivity (Wildman–Crippen MR) is 127 cm³/mol. The lowest BCUT2D eigenvalue weighted by atomic mass is 10.0. The van der Waals surface area contributed by atoms with Gasteiger partial charge in [0.2, 0.25) is 0 Å². The molecule has 1 amide bonds. The number of anilines is 1. The second-order valence-corrected chi connectivity index (χ2v) is 12.2. The first-order chi connectivity index (χ1) is 17.6. The average molecular weight is 599 g/mol. The van der Waals surface area contributed by atoms with Crippen LogP contribution in [0.2, 0.25) is 0 Å². The number of nitrogens with zero attached hydrogens (tertiary/aromatic N) is 3. The Labute approximate surface area is 214 Å². The van der Waals surface area contributed by atoms with Gasteiger partial charge in [0.1, 0.15) is 24.0 Å². The summed E-state index contributed by atoms with van der Waals surface area (Å²) in [5.41, 5.74) is 6.85. The van der Waals surface area contributed by atoms with E-state index in [0.717, 1.165) is 0 Å². The molecule has 0 aromatic carbocycles. The van der Waals surface area contributed by atoms with Gasteiger partial charge in [0.05, 0.1) is 37.3 Å². The first-order valence-electron chi connectivity index (χ1n) is 10.5. The molecule has 18 nitrogen and oxygen atoms in total. The Morgan fingerprint density at radius 3 is 2.61 bits per heavy atom. The van der Waals surface area contributed by atoms with Crippen LogP contribution in [0.5, 0.6) is 0 Å². The van der Waals surface area contributed by atoms with E-state index in [2.05, 4.69) is 40.5 Å². The monoisotopic (exact) mass is 599 g/mol. The number of alkyl carbamates (subject to hydrolysis) is 1. The normalized spacial score (nSPS) is 22.7. The van der Waals surface area contributed by atoms with E-state index in [0.29, 0.717) is 23.0 Å². The number of carbonyl (C=O) groups excluding carboxylic acids is 1. The number of phosphoric acid groups is 3. The second-order valence-electron chi connectivity index (χ2n) is 7.78. The molecule has 1 aliphatic heterocycles. The Morgan fingerprint density at radius 1 is 1.24 bits per heavy atom. The Balaban J connectivity index is 1.73. The smallest absolute Gasteiger partial charge is 0.453 e. The van der Waals surface area contributed by atoms with Crippen molar-refractivity contribution in [1.82, 2.24) is 19.9 Å². The van der Waals surface area contributed by atoms with E-state index < -0.39 is 48.5 Å². The third-order valence-corrected chi connectivity index (χ3v) is 8.84. The number of phosphoric ester groups is 1. The molecule has 38 heavy (non-hydrogen) atoms. The third kappa shape index (κ3) is 8.06. The number of ether oxygens (including phenoxy) is 2. The molecule has 0 saturated carbocycles. The first-order valence-corrected chi connectivity index (χ1v) is 15.0. The summed E-state index contributed by atoms with van der Waals surface area (Å²) in [6, 6.07) is 0. The zero-order valence-corrected chi connectivity index (χ0v) is 22.4. The number of methoxy groups -OCH3 is 1. The molecule has 2 unspecified atom stereocenters. The number of rotatable bonds is 9. The van der Waals surface area contributed by atoms with Crippen LogP contribution < -0.4 is 11.1 Å². The van der Waals surface area contributed by atoms with Crippen molar-refractivity contribution in [2.24, 2.45) is 5.92 Å². The highest BCUT2D eigenvalue weighted by atomic mass is 31.3. The van der Waals surface area contributed by atoms with E-state index in [1.54, 1.807) is 17.7 Å². The van der Waals surface area contributed by atoms with Crippen molar-refractivity contribution in [3.63, 3.8) is 0 Å². The summed E-state index contributed by atoms with van der Waals surface area (Å²) >= 11 is 0. The van der Waals surface area contributed by atoms with Crippen LogP contribution in [0.15, 0.2) is 12.5 Å². The molecular formula is C17H24N5O13P3. The summed E-state index contributed by atoms with van der Waals surface area (Å²) in [4.78, 5) is 55.6. The molecule has 2 aromatic heterocycles. The van der Waals surface area contributed by atoms with Crippen molar-refractivity contribution < 1.29 is 60.7 Å². The summed E-state index contributed by atoms with van der Waals surface area (Å²) in [5, 5.41) is 2.85. The van der Waals surface area contributed by atoms with Gasteiger partial charge >= 0.3 is 29.6 Å². The van der Waals surface area contributed by atoms with Crippen LogP contribution in [0, 0.1) is 17.8 Å². The molecule has 1 fully saturated rings. The first kappa shape index (κ1) is 30.2. The molecule has 2 aromatic rings. The van der Waals surface area contributed by atoms with E-state index in [1.807, 2.05) is 0 Å². The minimum atomic E-state index is -5.64. The molecule has 1 aliphatic rings. The van der Waals surface area contributed by atoms with E-state index in [4.69, 9.17) is 24.8 Å². The predicted octanol–water partition coefficient (Wildman–Crippen LogP) is 0.988. The molecule has 210 valence electrons. The van der Waals surface area contributed by atoms with Crippen molar-refractivity contribution in [2.75, 3.05) is 26.0 Å². The fourth-order valence-electron chi connectivity index (χ4n) is 3.47. The van der Waals surface area contributed by atoms with Crippen LogP contribution in [-0.4, -0.2) is 66.6 Å². The summed E-state index contributed by atoms with van der Waals surface area (Å²) in [7, 11) is -15.2. The van der Waals surface area contributed by atoms with E-state index >= 15 is 0 Å². The van der Waals surface area contributed by atoms with Crippen LogP contribution in [0.3, 0.4) is 0 Å². The number of fused-ring (bicyclic) bond motifs is 1. The Bertz CT molecular complexity index is 1400. The SMILES string of the molecule is COC(=O)NCC#Cc1cn([C@H]2C[C@@H](C)[C@@H](COP(=O)(O)OP(=O)(O)OP(=O)(O)O)O2)c2ncnc(N)c12. The van der Waals surface area contributed by atoms with Gasteiger partial charge in [-0.15, -0.1) is 0 Å². The number of nitrogens with two attached hydrogens (primary N) is 1. The average Bonchev–Trinajstić information content (AvgIpc) is 3.33. The molecule has 0 radical (unpaired) electrons. The number of hydrogen-bond acceptors (Lipinski definition) is 12. The fourth-order valence-corrected chi connectivity index (χ4v) is 6.50. The van der Waals surface area contributed by atoms with Gasteiger partial charge in [-0.05, 0) is 12.3 Å². The molecule has 3 heterocycles. The second kappa shape index (κ2) is 11.8. The van der Waals surface area contributed by atoms with Gasteiger partial charge in [0.25, 0.3) is 0 Å². The molecule has 5 atom stereocenters. The van der Waals surface area contributed by atoms with Gasteiger partial charge < -0.3 is 44.7 Å². The maximum atomic E-state index is 12.0. The van der Waals surface area contributed by atoms with Crippen molar-refractivity contribution in [3.05, 3.63) is 18.1 Å². The van der Waals surface area contributed by atoms with E-state index in [9.17, 15) is 28.3 Å². The van der Waals surface area contributed by atoms with Crippen molar-refractivity contribution >= 4 is 46.4 Å². The lowest BCUT2D eigenvalue weighted by Gasteiger charge is -2.20. The summed E-state index contributed by atoms with van der Waals surface area (Å²) in [5.74, 6) is 5.50. The quantitative estimate of drug-likeness (QED) is 0.173. The number of nitrogens with one attached hydrogen (secondary N) is 1. The van der Waals surface area contributed by atoms with Crippen LogP contribution >= 0.6 is 23.5 Å². The largest absolute Gasteiger partial charge is 0.490 e. The lowest BCUT2D eigenvalue weighted by molar-refractivity contribution is -0.0271. The van der Waals surface area contributed by atoms with Gasteiger partial charge in [0, 0.05) is 6.20 Å². The molecular weight excluding hydrogens is 575 g/mol. The fraction of sp³-hybridized carbons (Fsp3) is 0.471. The minimum Gasteiger partial charge on any atom is -0.453 e. The Hall–Kier alpha value is -2.38. The number of carbonyl (C=O) groups is 1. The summed E-state index contributed by atoms with van der Waals surface area (Å²) < 4.78 is 58.4. The number of aromatic nitrogens is 3. The molecule has 7 N–H and O–H groups in total. The van der Waals surface area contributed by atoms with Gasteiger partial charge in [-0.3, -0.25) is 4.52 Å². The number of amides is 1. The molecule has 0 spiro atoms. The van der Waals surface area contributed by atoms with Gasteiger partial charge in [-0.2, -0.15) is 8.62 Å². The number of hydrogen-bond donors (Lipinski definition) is 6. The van der Waals surface area contributed by atoms with Crippen LogP contribution in [0.1, 0.15) is 25.1 Å². The zero-order chi connectivity index (χ0) is 28.3. The molecule has 1 saturated heterocycles. The molecule has 3 rings (SSSR count). The minimum absolute atomic E-state index is 0.00736. The van der Waals surface area contributed by atoms with Crippen molar-refractivity contribution in [3.8, 4) is 11.8 Å². The highest BCUT2D eigenvalue weighted by molar-refractivity contribution is 7.66. The molecule has 0 aliphatic carbocycles. The Morgan fingerprint density at radius 2 is 1.95 bits per heavy atom. The summed E-state index contributed by atoms with van der Waals surface area (Å²) in [6.45, 7) is 1.15. The highest BCUT2D eigenvalue weighted by Crippen LogP contribution is 2.66. The number of nitrogen functional groups attached to an aromatic ring is 1. The van der Waals surface area contributed by atoms with Crippen molar-refractivity contribution in [2.45, 2.75) is 25.7 Å². The highest BCUT2D eigenvalue weighted by Gasteiger charge is 2.42. The lowest BCUT2D eigenvalue weighted by Crippen LogP contribution is -2.22. The third-order valence-electron chi connectivity index (χ3n) is 5.04. The van der Waals surface area contributed by atoms with Gasteiger partial charge in [0.15, 0.2) is 0 Å².